The second-order valence-electron chi connectivity index (χ2n) is 4.64. The number of rotatable bonds is 3. The molecule has 3 N–H and O–H groups in total. The van der Waals surface area contributed by atoms with Crippen LogP contribution >= 0.6 is 11.8 Å². The van der Waals surface area contributed by atoms with E-state index in [0.717, 1.165) is 23.8 Å². The second kappa shape index (κ2) is 5.63. The molecule has 1 fully saturated rings. The predicted octanol–water partition coefficient (Wildman–Crippen LogP) is 3.49. The molecule has 1 aromatic carbocycles. The quantitative estimate of drug-likeness (QED) is 0.811. The largest absolute Gasteiger partial charge is 0.399 e. The molecule has 2 atom stereocenters. The monoisotopic (exact) mass is 254 g/mol. The molecular weight excluding hydrogens is 235 g/mol. The third kappa shape index (κ3) is 3.53. The van der Waals surface area contributed by atoms with Gasteiger partial charge in [0.2, 0.25) is 0 Å². The molecule has 2 nitrogen and oxygen atoms in total. The summed E-state index contributed by atoms with van der Waals surface area (Å²) in [5.41, 5.74) is 6.91. The van der Waals surface area contributed by atoms with Crippen LogP contribution < -0.4 is 11.1 Å². The summed E-state index contributed by atoms with van der Waals surface area (Å²) < 4.78 is 13.2. The minimum absolute atomic E-state index is 0.273. The molecule has 2 unspecified atom stereocenters. The SMILES string of the molecule is CSC1CCCC(Nc2cc(N)cc(F)c2)C1. The molecule has 0 amide bonds. The Morgan fingerprint density at radius 1 is 1.35 bits per heavy atom. The molecule has 0 bridgehead atoms. The molecule has 1 saturated carbocycles. The van der Waals surface area contributed by atoms with Gasteiger partial charge in [0.05, 0.1) is 0 Å². The molecule has 0 aliphatic heterocycles. The second-order valence-corrected chi connectivity index (χ2v) is 5.78. The number of nitrogens with one attached hydrogen (secondary N) is 1. The van der Waals surface area contributed by atoms with Crippen molar-refractivity contribution in [2.24, 2.45) is 0 Å². The van der Waals surface area contributed by atoms with Gasteiger partial charge >= 0.3 is 0 Å². The lowest BCUT2D eigenvalue weighted by Gasteiger charge is -2.29. The Balaban J connectivity index is 2.00. The van der Waals surface area contributed by atoms with Gasteiger partial charge in [-0.15, -0.1) is 0 Å². The van der Waals surface area contributed by atoms with Crippen molar-refractivity contribution in [2.45, 2.75) is 37.0 Å². The van der Waals surface area contributed by atoms with E-state index in [1.807, 2.05) is 11.8 Å². The Morgan fingerprint density at radius 2 is 2.18 bits per heavy atom. The van der Waals surface area contributed by atoms with Crippen molar-refractivity contribution < 1.29 is 4.39 Å². The molecule has 1 aromatic rings. The van der Waals surface area contributed by atoms with E-state index in [4.69, 9.17) is 5.73 Å². The number of nitrogen functional groups attached to an aromatic ring is 1. The molecule has 0 radical (unpaired) electrons. The van der Waals surface area contributed by atoms with Crippen molar-refractivity contribution in [2.75, 3.05) is 17.3 Å². The first-order valence-corrected chi connectivity index (χ1v) is 7.31. The lowest BCUT2D eigenvalue weighted by Crippen LogP contribution is -2.28. The van der Waals surface area contributed by atoms with Crippen molar-refractivity contribution in [3.05, 3.63) is 24.0 Å². The lowest BCUT2D eigenvalue weighted by atomic mass is 9.94. The highest BCUT2D eigenvalue weighted by atomic mass is 32.2. The summed E-state index contributed by atoms with van der Waals surface area (Å²) in [5, 5.41) is 4.12. The number of thioether (sulfide) groups is 1. The first-order valence-electron chi connectivity index (χ1n) is 6.03. The predicted molar refractivity (Wildman–Crippen MR) is 74.0 cm³/mol. The number of anilines is 2. The molecule has 0 saturated heterocycles. The highest BCUT2D eigenvalue weighted by molar-refractivity contribution is 7.99. The normalized spacial score (nSPS) is 24.6. The summed E-state index contributed by atoms with van der Waals surface area (Å²) in [4.78, 5) is 0. The van der Waals surface area contributed by atoms with Crippen LogP contribution in [0.5, 0.6) is 0 Å². The third-order valence-electron chi connectivity index (χ3n) is 3.25. The molecule has 0 spiro atoms. The summed E-state index contributed by atoms with van der Waals surface area (Å²) in [5.74, 6) is -0.273. The zero-order chi connectivity index (χ0) is 12.3. The van der Waals surface area contributed by atoms with E-state index in [1.165, 1.54) is 25.0 Å². The van der Waals surface area contributed by atoms with Crippen LogP contribution in [0, 0.1) is 5.82 Å². The molecular formula is C13H19FN2S. The van der Waals surface area contributed by atoms with Crippen LogP contribution in [0.3, 0.4) is 0 Å². The van der Waals surface area contributed by atoms with Crippen molar-refractivity contribution >= 4 is 23.1 Å². The van der Waals surface area contributed by atoms with Crippen LogP contribution in [-0.2, 0) is 0 Å². The zero-order valence-electron chi connectivity index (χ0n) is 10.1. The molecule has 0 heterocycles. The molecule has 1 aliphatic rings. The van der Waals surface area contributed by atoms with Gasteiger partial charge < -0.3 is 11.1 Å². The first kappa shape index (κ1) is 12.6. The van der Waals surface area contributed by atoms with E-state index >= 15 is 0 Å². The van der Waals surface area contributed by atoms with Crippen LogP contribution in [-0.4, -0.2) is 17.5 Å². The Bertz CT molecular complexity index is 363. The van der Waals surface area contributed by atoms with Crippen molar-refractivity contribution in [3.8, 4) is 0 Å². The maximum Gasteiger partial charge on any atom is 0.127 e. The summed E-state index contributed by atoms with van der Waals surface area (Å²) in [7, 11) is 0. The van der Waals surface area contributed by atoms with Gasteiger partial charge in [-0.2, -0.15) is 11.8 Å². The molecule has 0 aromatic heterocycles. The molecule has 1 aliphatic carbocycles. The number of halogens is 1. The molecule has 94 valence electrons. The Hall–Kier alpha value is -0.900. The maximum atomic E-state index is 13.2. The van der Waals surface area contributed by atoms with Gasteiger partial charge in [0.15, 0.2) is 0 Å². The number of benzene rings is 1. The average molecular weight is 254 g/mol. The Morgan fingerprint density at radius 3 is 2.88 bits per heavy atom. The zero-order valence-corrected chi connectivity index (χ0v) is 10.9. The highest BCUT2D eigenvalue weighted by Gasteiger charge is 2.21. The smallest absolute Gasteiger partial charge is 0.127 e. The van der Waals surface area contributed by atoms with Gasteiger partial charge in [-0.05, 0) is 43.7 Å². The minimum atomic E-state index is -0.273. The fraction of sp³-hybridized carbons (Fsp3) is 0.538. The lowest BCUT2D eigenvalue weighted by molar-refractivity contribution is 0.473. The fourth-order valence-electron chi connectivity index (χ4n) is 2.42. The first-order chi connectivity index (χ1) is 8.17. The van der Waals surface area contributed by atoms with Gasteiger partial charge in [0.25, 0.3) is 0 Å². The van der Waals surface area contributed by atoms with Gasteiger partial charge in [0, 0.05) is 22.7 Å². The number of hydrogen-bond acceptors (Lipinski definition) is 3. The van der Waals surface area contributed by atoms with Crippen LogP contribution in [0.15, 0.2) is 18.2 Å². The summed E-state index contributed by atoms with van der Waals surface area (Å²) in [6.45, 7) is 0. The minimum Gasteiger partial charge on any atom is -0.399 e. The standard InChI is InChI=1S/C13H19FN2S/c1-17-13-4-2-3-11(8-13)16-12-6-9(14)5-10(15)7-12/h5-7,11,13,16H,2-4,8,15H2,1H3. The summed E-state index contributed by atoms with van der Waals surface area (Å²) >= 11 is 1.93. The topological polar surface area (TPSA) is 38.0 Å². The van der Waals surface area contributed by atoms with Gasteiger partial charge in [-0.1, -0.05) is 6.42 Å². The fourth-order valence-corrected chi connectivity index (χ4v) is 3.25. The van der Waals surface area contributed by atoms with Crippen LogP contribution in [0.1, 0.15) is 25.7 Å². The van der Waals surface area contributed by atoms with E-state index in [-0.39, 0.29) is 5.82 Å². The van der Waals surface area contributed by atoms with E-state index in [2.05, 4.69) is 11.6 Å². The average Bonchev–Trinajstić information content (AvgIpc) is 2.28. The van der Waals surface area contributed by atoms with Gasteiger partial charge in [-0.25, -0.2) is 4.39 Å². The van der Waals surface area contributed by atoms with E-state index in [1.54, 1.807) is 6.07 Å². The third-order valence-corrected chi connectivity index (χ3v) is 4.35. The highest BCUT2D eigenvalue weighted by Crippen LogP contribution is 2.29. The van der Waals surface area contributed by atoms with E-state index in [0.29, 0.717) is 11.7 Å². The summed E-state index contributed by atoms with van der Waals surface area (Å²) in [6, 6.07) is 5.10. The van der Waals surface area contributed by atoms with Crippen molar-refractivity contribution in [1.82, 2.24) is 0 Å². The number of nitrogens with two attached hydrogens (primary N) is 1. The maximum absolute atomic E-state index is 13.2. The molecule has 2 rings (SSSR count). The van der Waals surface area contributed by atoms with E-state index < -0.39 is 0 Å². The van der Waals surface area contributed by atoms with Crippen molar-refractivity contribution in [1.29, 1.82) is 0 Å². The van der Waals surface area contributed by atoms with Crippen molar-refractivity contribution in [3.63, 3.8) is 0 Å². The van der Waals surface area contributed by atoms with E-state index in [9.17, 15) is 4.39 Å². The Labute approximate surface area is 106 Å². The van der Waals surface area contributed by atoms with Gasteiger partial charge in [0.1, 0.15) is 5.82 Å². The molecule has 4 heteroatoms. The number of hydrogen-bond donors (Lipinski definition) is 2. The van der Waals surface area contributed by atoms with Crippen LogP contribution in [0.2, 0.25) is 0 Å². The summed E-state index contributed by atoms with van der Waals surface area (Å²) in [6.07, 6.45) is 7.01. The molecule has 17 heavy (non-hydrogen) atoms. The van der Waals surface area contributed by atoms with Crippen LogP contribution in [0.4, 0.5) is 15.8 Å². The van der Waals surface area contributed by atoms with Gasteiger partial charge in [-0.3, -0.25) is 0 Å². The Kier molecular flexibility index (Phi) is 4.15. The van der Waals surface area contributed by atoms with Crippen LogP contribution in [0.25, 0.3) is 0 Å².